The molecule has 0 aliphatic rings. The number of halogens is 2. The van der Waals surface area contributed by atoms with Crippen LogP contribution in [0.4, 0.5) is 16.0 Å². The predicted octanol–water partition coefficient (Wildman–Crippen LogP) is 3.99. The van der Waals surface area contributed by atoms with Crippen LogP contribution >= 0.6 is 11.6 Å². The smallest absolute Gasteiger partial charge is 0.254 e. The summed E-state index contributed by atoms with van der Waals surface area (Å²) in [6.07, 6.45) is 3.27. The normalized spacial score (nSPS) is 10.4. The second-order valence-electron chi connectivity index (χ2n) is 5.53. The van der Waals surface area contributed by atoms with Crippen LogP contribution in [0.15, 0.2) is 60.9 Å². The maximum Gasteiger partial charge on any atom is 0.254 e. The zero-order valence-electron chi connectivity index (χ0n) is 13.7. The molecule has 1 heterocycles. The lowest BCUT2D eigenvalue weighted by molar-refractivity contribution is 0.0953. The lowest BCUT2D eigenvalue weighted by atomic mass is 10.1. The molecule has 0 bridgehead atoms. The second-order valence-corrected chi connectivity index (χ2v) is 5.96. The fraction of sp³-hybridized carbons (Fsp3) is 0.105. The van der Waals surface area contributed by atoms with Crippen molar-refractivity contribution in [1.29, 1.82) is 0 Å². The first-order chi connectivity index (χ1) is 12.6. The third-order valence-corrected chi connectivity index (χ3v) is 3.87. The van der Waals surface area contributed by atoms with Gasteiger partial charge in [0.2, 0.25) is 5.95 Å². The van der Waals surface area contributed by atoms with Crippen molar-refractivity contribution in [2.75, 3.05) is 11.9 Å². The van der Waals surface area contributed by atoms with Gasteiger partial charge in [-0.15, -0.1) is 0 Å². The van der Waals surface area contributed by atoms with Crippen LogP contribution in [-0.2, 0) is 6.42 Å². The Morgan fingerprint density at radius 1 is 1.08 bits per heavy atom. The first-order valence-electron chi connectivity index (χ1n) is 7.98. The number of rotatable bonds is 6. The number of carbonyl (C=O) groups excluding carboxylic acids is 1. The largest absolute Gasteiger partial charge is 0.352 e. The molecule has 0 aliphatic carbocycles. The molecular formula is C19H16ClFN4O. The Bertz CT molecular complexity index is 902. The Labute approximate surface area is 155 Å². The predicted molar refractivity (Wildman–Crippen MR) is 99.2 cm³/mol. The molecule has 26 heavy (non-hydrogen) atoms. The lowest BCUT2D eigenvalue weighted by Gasteiger charge is -2.07. The van der Waals surface area contributed by atoms with Crippen LogP contribution in [0.3, 0.4) is 0 Å². The van der Waals surface area contributed by atoms with Gasteiger partial charge in [-0.2, -0.15) is 0 Å². The molecule has 0 spiro atoms. The van der Waals surface area contributed by atoms with Crippen LogP contribution in [-0.4, -0.2) is 22.4 Å². The average molecular weight is 371 g/mol. The molecule has 0 atom stereocenters. The van der Waals surface area contributed by atoms with Crippen LogP contribution in [0.1, 0.15) is 15.9 Å². The van der Waals surface area contributed by atoms with E-state index in [2.05, 4.69) is 20.6 Å². The molecule has 0 saturated carbocycles. The molecular weight excluding hydrogens is 355 g/mol. The summed E-state index contributed by atoms with van der Waals surface area (Å²) in [6, 6.07) is 13.6. The quantitative estimate of drug-likeness (QED) is 0.688. The number of hydrogen-bond donors (Lipinski definition) is 2. The van der Waals surface area contributed by atoms with Gasteiger partial charge >= 0.3 is 0 Å². The van der Waals surface area contributed by atoms with Crippen LogP contribution in [0.25, 0.3) is 0 Å². The van der Waals surface area contributed by atoms with Gasteiger partial charge in [0.05, 0.1) is 5.56 Å². The summed E-state index contributed by atoms with van der Waals surface area (Å²) in [4.78, 5) is 20.3. The zero-order valence-corrected chi connectivity index (χ0v) is 14.5. The standard InChI is InChI=1S/C19H16ClFN4O/c20-15-5-3-6-16(10-15)25-19-23-11-14(12-24-19)18(26)22-9-8-13-4-1-2-7-17(13)21/h1-7,10-12H,8-9H2,(H,22,26)(H,23,24,25). The number of anilines is 2. The van der Waals surface area contributed by atoms with Crippen LogP contribution in [0.2, 0.25) is 5.02 Å². The molecule has 0 fully saturated rings. The molecule has 1 amide bonds. The van der Waals surface area contributed by atoms with Gasteiger partial charge in [0.15, 0.2) is 0 Å². The van der Waals surface area contributed by atoms with Gasteiger partial charge in [0, 0.05) is 29.6 Å². The van der Waals surface area contributed by atoms with Gasteiger partial charge in [-0.05, 0) is 36.2 Å². The van der Waals surface area contributed by atoms with E-state index in [-0.39, 0.29) is 11.7 Å². The van der Waals surface area contributed by atoms with E-state index in [1.54, 1.807) is 30.3 Å². The van der Waals surface area contributed by atoms with Crippen molar-refractivity contribution < 1.29 is 9.18 Å². The fourth-order valence-corrected chi connectivity index (χ4v) is 2.51. The second kappa shape index (κ2) is 8.40. The Balaban J connectivity index is 1.54. The molecule has 3 rings (SSSR count). The van der Waals surface area contributed by atoms with Crippen LogP contribution < -0.4 is 10.6 Å². The van der Waals surface area contributed by atoms with E-state index in [9.17, 15) is 9.18 Å². The highest BCUT2D eigenvalue weighted by atomic mass is 35.5. The molecule has 2 N–H and O–H groups in total. The van der Waals surface area contributed by atoms with Gasteiger partial charge in [-0.1, -0.05) is 35.9 Å². The summed E-state index contributed by atoms with van der Waals surface area (Å²) in [6.45, 7) is 0.322. The average Bonchev–Trinajstić information content (AvgIpc) is 2.64. The van der Waals surface area contributed by atoms with Crippen molar-refractivity contribution in [1.82, 2.24) is 15.3 Å². The van der Waals surface area contributed by atoms with Crippen molar-refractivity contribution in [3.8, 4) is 0 Å². The summed E-state index contributed by atoms with van der Waals surface area (Å²) in [5, 5.41) is 6.33. The van der Waals surface area contributed by atoms with Crippen molar-refractivity contribution in [2.45, 2.75) is 6.42 Å². The van der Waals surface area contributed by atoms with E-state index in [1.165, 1.54) is 18.5 Å². The van der Waals surface area contributed by atoms with E-state index in [0.29, 0.717) is 35.1 Å². The van der Waals surface area contributed by atoms with E-state index in [1.807, 2.05) is 12.1 Å². The topological polar surface area (TPSA) is 66.9 Å². The third-order valence-electron chi connectivity index (χ3n) is 3.63. The SMILES string of the molecule is O=C(NCCc1ccccc1F)c1cnc(Nc2cccc(Cl)c2)nc1. The number of aromatic nitrogens is 2. The highest BCUT2D eigenvalue weighted by Gasteiger charge is 2.08. The Kier molecular flexibility index (Phi) is 5.76. The van der Waals surface area contributed by atoms with Gasteiger partial charge in [0.1, 0.15) is 5.82 Å². The van der Waals surface area contributed by atoms with Crippen molar-refractivity contribution in [3.63, 3.8) is 0 Å². The maximum atomic E-state index is 13.5. The zero-order chi connectivity index (χ0) is 18.4. The molecule has 1 aromatic heterocycles. The highest BCUT2D eigenvalue weighted by molar-refractivity contribution is 6.30. The fourth-order valence-electron chi connectivity index (χ4n) is 2.32. The number of benzene rings is 2. The Morgan fingerprint density at radius 2 is 1.85 bits per heavy atom. The van der Waals surface area contributed by atoms with Crippen molar-refractivity contribution in [2.24, 2.45) is 0 Å². The number of carbonyl (C=O) groups is 1. The summed E-state index contributed by atoms with van der Waals surface area (Å²) < 4.78 is 13.5. The number of amides is 1. The van der Waals surface area contributed by atoms with Crippen molar-refractivity contribution >= 4 is 29.1 Å². The molecule has 0 aliphatic heterocycles. The molecule has 3 aromatic rings. The van der Waals surface area contributed by atoms with Gasteiger partial charge in [0.25, 0.3) is 5.91 Å². The summed E-state index contributed by atoms with van der Waals surface area (Å²) >= 11 is 5.92. The molecule has 0 radical (unpaired) electrons. The molecule has 0 saturated heterocycles. The van der Waals surface area contributed by atoms with E-state index >= 15 is 0 Å². The lowest BCUT2D eigenvalue weighted by Crippen LogP contribution is -2.26. The van der Waals surface area contributed by atoms with E-state index in [4.69, 9.17) is 11.6 Å². The number of nitrogens with zero attached hydrogens (tertiary/aromatic N) is 2. The van der Waals surface area contributed by atoms with Gasteiger partial charge in [-0.3, -0.25) is 4.79 Å². The first kappa shape index (κ1) is 17.8. The summed E-state index contributed by atoms with van der Waals surface area (Å²) in [5.41, 5.74) is 1.64. The Hall–Kier alpha value is -2.99. The summed E-state index contributed by atoms with van der Waals surface area (Å²) in [7, 11) is 0. The monoisotopic (exact) mass is 370 g/mol. The molecule has 5 nitrogen and oxygen atoms in total. The van der Waals surface area contributed by atoms with Gasteiger partial charge in [-0.25, -0.2) is 14.4 Å². The third kappa shape index (κ3) is 4.77. The minimum atomic E-state index is -0.310. The first-order valence-corrected chi connectivity index (χ1v) is 8.36. The molecule has 0 unspecified atom stereocenters. The van der Waals surface area contributed by atoms with E-state index in [0.717, 1.165) is 5.69 Å². The van der Waals surface area contributed by atoms with Crippen LogP contribution in [0.5, 0.6) is 0 Å². The molecule has 7 heteroatoms. The Morgan fingerprint density at radius 3 is 2.58 bits per heavy atom. The minimum Gasteiger partial charge on any atom is -0.352 e. The minimum absolute atomic E-state index is 0.276. The number of nitrogens with one attached hydrogen (secondary N) is 2. The molecule has 132 valence electrons. The van der Waals surface area contributed by atoms with Gasteiger partial charge < -0.3 is 10.6 Å². The molecule has 2 aromatic carbocycles. The van der Waals surface area contributed by atoms with Crippen LogP contribution in [0, 0.1) is 5.82 Å². The number of hydrogen-bond acceptors (Lipinski definition) is 4. The highest BCUT2D eigenvalue weighted by Crippen LogP contribution is 2.17. The van der Waals surface area contributed by atoms with Crippen molar-refractivity contribution in [3.05, 3.63) is 82.9 Å². The maximum absolute atomic E-state index is 13.5. The van der Waals surface area contributed by atoms with E-state index < -0.39 is 0 Å². The summed E-state index contributed by atoms with van der Waals surface area (Å²) in [5.74, 6) is -0.229.